The van der Waals surface area contributed by atoms with E-state index in [9.17, 15) is 43.5 Å². The van der Waals surface area contributed by atoms with E-state index in [1.807, 2.05) is 6.92 Å². The van der Waals surface area contributed by atoms with Crippen LogP contribution in [-0.4, -0.2) is 60.4 Å². The van der Waals surface area contributed by atoms with E-state index in [0.29, 0.717) is 5.16 Å². The molecule has 26 heteroatoms. The second-order valence-corrected chi connectivity index (χ2v) is 12.6. The molecule has 0 radical (unpaired) electrons. The van der Waals surface area contributed by atoms with E-state index in [4.69, 9.17) is 10.5 Å². The van der Waals surface area contributed by atoms with Gasteiger partial charge in [-0.3, -0.25) is 18.0 Å². The second-order valence-electron chi connectivity index (χ2n) is 7.26. The fourth-order valence-corrected chi connectivity index (χ4v) is 6.82. The standard InChI is InChI=1S/C14H24N5O13P3S.4Na/c1-2-3-4-36-14-17-11(15)8-12(18-14)19(6-16-8)13-10(21)9(20)7(30-13)5-29-34(25,26)32-35(27,28)31-33(22,23)24;;;;/h6-7,9-10,13,20-21H,2-5H2,1H3,(H,25,26)(H,27,28)(H2,15,17,18)(H2,22,23,24);;;;/q;4*+1/p-4/t7-,9-,10-,13-;;;;/m1..../s1. The van der Waals surface area contributed by atoms with Gasteiger partial charge in [0, 0.05) is 5.75 Å². The zero-order valence-corrected chi connectivity index (χ0v) is 33.7. The minimum Gasteiger partial charge on any atom is -0.790 e. The number of phosphoric acid groups is 3. The van der Waals surface area contributed by atoms with Crippen LogP contribution in [0, 0.1) is 0 Å². The summed E-state index contributed by atoms with van der Waals surface area (Å²) < 4.78 is 50.9. The van der Waals surface area contributed by atoms with Gasteiger partial charge in [-0.25, -0.2) is 19.3 Å². The Balaban J connectivity index is 0. The minimum absolute atomic E-state index is 0. The van der Waals surface area contributed by atoms with Crippen molar-refractivity contribution in [2.45, 2.75) is 49.5 Å². The van der Waals surface area contributed by atoms with Gasteiger partial charge in [0.05, 0.1) is 20.8 Å². The Morgan fingerprint density at radius 3 is 2.25 bits per heavy atom. The van der Waals surface area contributed by atoms with Gasteiger partial charge in [0.25, 0.3) is 15.6 Å². The predicted octanol–water partition coefficient (Wildman–Crippen LogP) is -14.2. The molecule has 4 N–H and O–H groups in total. The summed E-state index contributed by atoms with van der Waals surface area (Å²) in [6, 6.07) is 0. The maximum atomic E-state index is 11.7. The molecular weight excluding hydrogens is 663 g/mol. The van der Waals surface area contributed by atoms with Crippen LogP contribution in [0.1, 0.15) is 26.0 Å². The molecule has 0 saturated carbocycles. The Bertz CT molecular complexity index is 1250. The summed E-state index contributed by atoms with van der Waals surface area (Å²) in [5.74, 6) is 0.774. The molecule has 3 rings (SSSR count). The summed E-state index contributed by atoms with van der Waals surface area (Å²) in [4.78, 5) is 56.3. The van der Waals surface area contributed by atoms with Gasteiger partial charge in [-0.15, -0.1) is 0 Å². The van der Waals surface area contributed by atoms with E-state index in [1.54, 1.807) is 0 Å². The van der Waals surface area contributed by atoms with Crippen molar-refractivity contribution >= 4 is 52.2 Å². The molecule has 0 bridgehead atoms. The van der Waals surface area contributed by atoms with Gasteiger partial charge in [-0.2, -0.15) is 0 Å². The van der Waals surface area contributed by atoms with Crippen molar-refractivity contribution in [2.24, 2.45) is 0 Å². The Labute approximate surface area is 320 Å². The van der Waals surface area contributed by atoms with Crippen LogP contribution in [0.25, 0.3) is 11.2 Å². The van der Waals surface area contributed by atoms with Gasteiger partial charge in [0.15, 0.2) is 22.8 Å². The molecule has 2 aromatic heterocycles. The molecule has 1 aliphatic rings. The largest absolute Gasteiger partial charge is 1.00 e. The summed E-state index contributed by atoms with van der Waals surface area (Å²) in [7, 11) is -18.1. The zero-order chi connectivity index (χ0) is 26.9. The molecule has 0 spiro atoms. The van der Waals surface area contributed by atoms with Crippen molar-refractivity contribution in [3.8, 4) is 0 Å². The average molecular weight is 683 g/mol. The Morgan fingerprint density at radius 1 is 1.05 bits per heavy atom. The molecule has 0 aliphatic carbocycles. The number of nitrogens with two attached hydrogens (primary N) is 1. The molecule has 1 fully saturated rings. The molecule has 204 valence electrons. The van der Waals surface area contributed by atoms with Crippen molar-refractivity contribution < 1.29 is 180 Å². The molecule has 3 heterocycles. The summed E-state index contributed by atoms with van der Waals surface area (Å²) in [5.41, 5.74) is 6.27. The van der Waals surface area contributed by atoms with Gasteiger partial charge < -0.3 is 49.3 Å². The zero-order valence-electron chi connectivity index (χ0n) is 22.2. The van der Waals surface area contributed by atoms with Gasteiger partial charge in [-0.05, 0) is 6.42 Å². The van der Waals surface area contributed by atoms with Crippen LogP contribution in [-0.2, 0) is 31.6 Å². The van der Waals surface area contributed by atoms with Crippen molar-refractivity contribution in [2.75, 3.05) is 18.1 Å². The van der Waals surface area contributed by atoms with Gasteiger partial charge in [0.1, 0.15) is 23.8 Å². The van der Waals surface area contributed by atoms with E-state index >= 15 is 0 Å². The van der Waals surface area contributed by atoms with Crippen LogP contribution in [0.2, 0.25) is 0 Å². The number of aromatic nitrogens is 4. The summed E-state index contributed by atoms with van der Waals surface area (Å²) >= 11 is 1.34. The quantitative estimate of drug-likeness (QED) is 0.0615. The van der Waals surface area contributed by atoms with E-state index in [0.717, 1.165) is 18.6 Å². The average Bonchev–Trinajstić information content (AvgIpc) is 3.26. The maximum Gasteiger partial charge on any atom is 1.00 e. The molecular formula is C14H20N5Na4O13P3S. The first-order valence-corrected chi connectivity index (χ1v) is 15.3. The van der Waals surface area contributed by atoms with Crippen molar-refractivity contribution in [1.82, 2.24) is 19.5 Å². The predicted molar refractivity (Wildman–Crippen MR) is 112 cm³/mol. The second kappa shape index (κ2) is 19.0. The fraction of sp³-hybridized carbons (Fsp3) is 0.643. The molecule has 1 aliphatic heterocycles. The van der Waals surface area contributed by atoms with Crippen LogP contribution in [0.15, 0.2) is 11.5 Å². The number of unbranched alkanes of at least 4 members (excludes halogenated alkanes) is 1. The van der Waals surface area contributed by atoms with Crippen LogP contribution >= 0.6 is 35.2 Å². The summed E-state index contributed by atoms with van der Waals surface area (Å²) in [6.45, 7) is 0.935. The van der Waals surface area contributed by atoms with Crippen molar-refractivity contribution in [1.29, 1.82) is 0 Å². The van der Waals surface area contributed by atoms with E-state index in [1.165, 1.54) is 22.7 Å². The third-order valence-corrected chi connectivity index (χ3v) is 9.16. The molecule has 2 aromatic rings. The molecule has 0 aromatic carbocycles. The fourth-order valence-electron chi connectivity index (χ4n) is 3.02. The number of rotatable bonds is 12. The molecule has 40 heavy (non-hydrogen) atoms. The number of ether oxygens (including phenoxy) is 1. The Morgan fingerprint density at radius 2 is 1.68 bits per heavy atom. The first-order chi connectivity index (χ1) is 16.6. The Hall–Kier alpha value is 2.99. The number of hydrogen-bond donors (Lipinski definition) is 3. The number of thioether (sulfide) groups is 1. The smallest absolute Gasteiger partial charge is 0.790 e. The molecule has 0 amide bonds. The molecule has 18 nitrogen and oxygen atoms in total. The number of hydrogen-bond acceptors (Lipinski definition) is 18. The van der Waals surface area contributed by atoms with Gasteiger partial charge in [-0.1, -0.05) is 25.1 Å². The van der Waals surface area contributed by atoms with E-state index in [-0.39, 0.29) is 135 Å². The van der Waals surface area contributed by atoms with Crippen molar-refractivity contribution in [3.05, 3.63) is 6.33 Å². The summed E-state index contributed by atoms with van der Waals surface area (Å²) in [6.07, 6.45) is -3.25. The first-order valence-electron chi connectivity index (χ1n) is 9.98. The third kappa shape index (κ3) is 13.0. The summed E-state index contributed by atoms with van der Waals surface area (Å²) in [5, 5.41) is 21.1. The van der Waals surface area contributed by atoms with Crippen molar-refractivity contribution in [3.63, 3.8) is 0 Å². The number of imidazole rings is 1. The van der Waals surface area contributed by atoms with Crippen LogP contribution in [0.5, 0.6) is 0 Å². The number of nitrogen functional groups attached to an aromatic ring is 1. The van der Waals surface area contributed by atoms with Crippen LogP contribution in [0.3, 0.4) is 0 Å². The third-order valence-electron chi connectivity index (χ3n) is 4.57. The Kier molecular flexibility index (Phi) is 21.4. The molecule has 6 atom stereocenters. The topological polar surface area (TPSA) is 290 Å². The number of fused-ring (bicyclic) bond motifs is 1. The van der Waals surface area contributed by atoms with Gasteiger partial charge >= 0.3 is 118 Å². The number of anilines is 1. The SMILES string of the molecule is CCCCSc1nc(N)c2ncn([C@@H]3O[C@H](COP(=O)([O-])OP(=O)([O-])OP(=O)([O-])[O-])[C@@H](O)[C@H]3O)c2n1.[Na+].[Na+].[Na+].[Na+]. The molecule has 1 saturated heterocycles. The molecule has 2 unspecified atom stereocenters. The minimum atomic E-state index is -6.16. The number of phosphoric ester groups is 1. The normalized spacial score (nSPS) is 23.6. The first kappa shape index (κ1) is 45.1. The number of aliphatic hydroxyl groups excluding tert-OH is 2. The number of aliphatic hydroxyl groups is 2. The van der Waals surface area contributed by atoms with Crippen LogP contribution < -0.4 is 144 Å². The van der Waals surface area contributed by atoms with E-state index < -0.39 is 54.6 Å². The van der Waals surface area contributed by atoms with Gasteiger partial charge in [0.2, 0.25) is 0 Å². The number of nitrogens with zero attached hydrogens (tertiary/aromatic N) is 4. The maximum absolute atomic E-state index is 11.7. The monoisotopic (exact) mass is 683 g/mol. The van der Waals surface area contributed by atoms with Crippen LogP contribution in [0.4, 0.5) is 5.82 Å². The van der Waals surface area contributed by atoms with E-state index in [2.05, 4.69) is 28.1 Å².